The van der Waals surface area contributed by atoms with Crippen molar-refractivity contribution >= 4 is 5.91 Å². The molecule has 5 nitrogen and oxygen atoms in total. The highest BCUT2D eigenvalue weighted by atomic mass is 16.5. The zero-order chi connectivity index (χ0) is 11.8. The zero-order valence-electron chi connectivity index (χ0n) is 9.95. The fourth-order valence-corrected chi connectivity index (χ4v) is 1.80. The largest absolute Gasteiger partial charge is 0.396 e. The summed E-state index contributed by atoms with van der Waals surface area (Å²) < 4.78 is 5.49. The lowest BCUT2D eigenvalue weighted by molar-refractivity contribution is -0.134. The summed E-state index contributed by atoms with van der Waals surface area (Å²) in [6, 6.07) is 0. The summed E-state index contributed by atoms with van der Waals surface area (Å²) >= 11 is 0. The van der Waals surface area contributed by atoms with Crippen LogP contribution in [0.2, 0.25) is 0 Å². The van der Waals surface area contributed by atoms with E-state index in [4.69, 9.17) is 9.84 Å². The van der Waals surface area contributed by atoms with Gasteiger partial charge >= 0.3 is 0 Å². The number of nitrogens with one attached hydrogen (secondary N) is 1. The number of carbonyl (C=O) groups excluding carboxylic acids is 1. The lowest BCUT2D eigenvalue weighted by atomic mass is 10.2. The van der Waals surface area contributed by atoms with Crippen LogP contribution in [0.4, 0.5) is 0 Å². The minimum atomic E-state index is 0.00410. The lowest BCUT2D eigenvalue weighted by Gasteiger charge is -2.26. The maximum absolute atomic E-state index is 11.9. The third-order valence-electron chi connectivity index (χ3n) is 2.73. The highest BCUT2D eigenvalue weighted by Crippen LogP contribution is 2.05. The molecule has 1 saturated heterocycles. The van der Waals surface area contributed by atoms with Crippen LogP contribution in [-0.4, -0.2) is 61.4 Å². The van der Waals surface area contributed by atoms with E-state index in [9.17, 15) is 4.79 Å². The number of amides is 1. The summed E-state index contributed by atoms with van der Waals surface area (Å²) in [7, 11) is 0. The molecule has 1 rings (SSSR count). The van der Waals surface area contributed by atoms with Gasteiger partial charge in [0.2, 0.25) is 5.91 Å². The average molecular weight is 230 g/mol. The molecule has 1 unspecified atom stereocenters. The molecule has 0 aromatic heterocycles. The first kappa shape index (κ1) is 13.4. The van der Waals surface area contributed by atoms with E-state index < -0.39 is 0 Å². The first-order valence-corrected chi connectivity index (χ1v) is 5.99. The number of ether oxygens (including phenoxy) is 1. The van der Waals surface area contributed by atoms with Crippen LogP contribution >= 0.6 is 0 Å². The molecule has 1 fully saturated rings. The molecule has 1 amide bonds. The van der Waals surface area contributed by atoms with Gasteiger partial charge in [0.25, 0.3) is 0 Å². The second-order valence-corrected chi connectivity index (χ2v) is 3.95. The Hall–Kier alpha value is -0.650. The molecular weight excluding hydrogens is 208 g/mol. The van der Waals surface area contributed by atoms with Gasteiger partial charge in [0.15, 0.2) is 0 Å². The first-order chi connectivity index (χ1) is 7.77. The molecule has 1 atom stereocenters. The summed E-state index contributed by atoms with van der Waals surface area (Å²) in [5.41, 5.74) is 0. The molecular formula is C11H22N2O3. The molecule has 0 bridgehead atoms. The Morgan fingerprint density at radius 3 is 3.00 bits per heavy atom. The van der Waals surface area contributed by atoms with Gasteiger partial charge in [-0.25, -0.2) is 0 Å². The molecule has 0 radical (unpaired) electrons. The third kappa shape index (κ3) is 4.47. The molecule has 0 aromatic carbocycles. The van der Waals surface area contributed by atoms with E-state index in [0.29, 0.717) is 32.5 Å². The van der Waals surface area contributed by atoms with Crippen molar-refractivity contribution in [1.82, 2.24) is 10.2 Å². The van der Waals surface area contributed by atoms with Crippen molar-refractivity contribution in [2.24, 2.45) is 0 Å². The number of hydrogen-bond donors (Lipinski definition) is 2. The summed E-state index contributed by atoms with van der Waals surface area (Å²) in [5.74, 6) is 0.115. The van der Waals surface area contributed by atoms with Crippen molar-refractivity contribution < 1.29 is 14.6 Å². The molecule has 0 aromatic rings. The van der Waals surface area contributed by atoms with Crippen LogP contribution in [0.15, 0.2) is 0 Å². The van der Waals surface area contributed by atoms with Crippen LogP contribution in [0.5, 0.6) is 0 Å². The number of aliphatic hydroxyl groups excluding tert-OH is 1. The highest BCUT2D eigenvalue weighted by Gasteiger charge is 2.20. The van der Waals surface area contributed by atoms with Crippen molar-refractivity contribution in [3.05, 3.63) is 0 Å². The van der Waals surface area contributed by atoms with Gasteiger partial charge in [-0.15, -0.1) is 0 Å². The maximum atomic E-state index is 11.9. The van der Waals surface area contributed by atoms with E-state index in [0.717, 1.165) is 13.1 Å². The standard InChI is InChI=1S/C11H22N2O3/c1-2-13(5-3-6-14)11(15)8-10-9-12-4-7-16-10/h10,12,14H,2-9H2,1H3. The Morgan fingerprint density at radius 1 is 1.62 bits per heavy atom. The molecule has 0 aliphatic carbocycles. The van der Waals surface area contributed by atoms with E-state index in [1.54, 1.807) is 4.90 Å². The monoisotopic (exact) mass is 230 g/mol. The average Bonchev–Trinajstić information content (AvgIpc) is 2.31. The molecule has 2 N–H and O–H groups in total. The van der Waals surface area contributed by atoms with Crippen molar-refractivity contribution in [3.8, 4) is 0 Å². The quantitative estimate of drug-likeness (QED) is 0.651. The fraction of sp³-hybridized carbons (Fsp3) is 0.909. The SMILES string of the molecule is CCN(CCCO)C(=O)CC1CNCCO1. The molecule has 0 saturated carbocycles. The van der Waals surface area contributed by atoms with E-state index in [1.165, 1.54) is 0 Å². The maximum Gasteiger partial charge on any atom is 0.225 e. The second-order valence-electron chi connectivity index (χ2n) is 3.95. The van der Waals surface area contributed by atoms with Crippen molar-refractivity contribution in [1.29, 1.82) is 0 Å². The first-order valence-electron chi connectivity index (χ1n) is 5.99. The molecule has 1 heterocycles. The Balaban J connectivity index is 2.29. The van der Waals surface area contributed by atoms with Gasteiger partial charge in [0.05, 0.1) is 19.1 Å². The Kier molecular flexibility index (Phi) is 6.37. The van der Waals surface area contributed by atoms with Gasteiger partial charge in [0.1, 0.15) is 0 Å². The molecule has 1 aliphatic heterocycles. The zero-order valence-corrected chi connectivity index (χ0v) is 9.95. The van der Waals surface area contributed by atoms with Crippen LogP contribution in [0.1, 0.15) is 19.8 Å². The van der Waals surface area contributed by atoms with Crippen LogP contribution in [0, 0.1) is 0 Å². The second kappa shape index (κ2) is 7.60. The minimum Gasteiger partial charge on any atom is -0.396 e. The van der Waals surface area contributed by atoms with Gasteiger partial charge in [-0.05, 0) is 13.3 Å². The summed E-state index contributed by atoms with van der Waals surface area (Å²) in [5, 5.41) is 11.9. The Bertz CT molecular complexity index is 205. The Morgan fingerprint density at radius 2 is 2.44 bits per heavy atom. The third-order valence-corrected chi connectivity index (χ3v) is 2.73. The van der Waals surface area contributed by atoms with Gasteiger partial charge < -0.3 is 20.1 Å². The van der Waals surface area contributed by atoms with Crippen LogP contribution < -0.4 is 5.32 Å². The number of nitrogens with zero attached hydrogens (tertiary/aromatic N) is 1. The molecule has 5 heteroatoms. The van der Waals surface area contributed by atoms with E-state index in [-0.39, 0.29) is 18.6 Å². The molecule has 16 heavy (non-hydrogen) atoms. The minimum absolute atomic E-state index is 0.00410. The number of rotatable bonds is 6. The van der Waals surface area contributed by atoms with Crippen LogP contribution in [0.25, 0.3) is 0 Å². The van der Waals surface area contributed by atoms with Gasteiger partial charge in [-0.1, -0.05) is 0 Å². The molecule has 0 spiro atoms. The summed E-state index contributed by atoms with van der Waals surface area (Å²) in [6.45, 7) is 5.71. The van der Waals surface area contributed by atoms with Gasteiger partial charge in [-0.3, -0.25) is 4.79 Å². The van der Waals surface area contributed by atoms with Crippen LogP contribution in [-0.2, 0) is 9.53 Å². The van der Waals surface area contributed by atoms with Crippen molar-refractivity contribution in [2.75, 3.05) is 39.4 Å². The predicted octanol–water partition coefficient (Wildman–Crippen LogP) is -0.404. The number of hydrogen-bond acceptors (Lipinski definition) is 4. The topological polar surface area (TPSA) is 61.8 Å². The van der Waals surface area contributed by atoms with Gasteiger partial charge in [0, 0.05) is 32.8 Å². The Labute approximate surface area is 96.8 Å². The summed E-state index contributed by atoms with van der Waals surface area (Å²) in [4.78, 5) is 13.7. The summed E-state index contributed by atoms with van der Waals surface area (Å²) in [6.07, 6.45) is 1.08. The number of morpholine rings is 1. The normalized spacial score (nSPS) is 20.8. The van der Waals surface area contributed by atoms with Gasteiger partial charge in [-0.2, -0.15) is 0 Å². The van der Waals surface area contributed by atoms with E-state index in [1.807, 2.05) is 6.92 Å². The number of carbonyl (C=O) groups is 1. The van der Waals surface area contributed by atoms with Crippen LogP contribution in [0.3, 0.4) is 0 Å². The van der Waals surface area contributed by atoms with E-state index >= 15 is 0 Å². The number of aliphatic hydroxyl groups is 1. The molecule has 1 aliphatic rings. The fourth-order valence-electron chi connectivity index (χ4n) is 1.80. The lowest BCUT2D eigenvalue weighted by Crippen LogP contribution is -2.42. The predicted molar refractivity (Wildman–Crippen MR) is 61.2 cm³/mol. The molecule has 94 valence electrons. The smallest absolute Gasteiger partial charge is 0.225 e. The van der Waals surface area contributed by atoms with E-state index in [2.05, 4.69) is 5.32 Å². The highest BCUT2D eigenvalue weighted by molar-refractivity contribution is 5.76. The van der Waals surface area contributed by atoms with Crippen molar-refractivity contribution in [2.45, 2.75) is 25.9 Å². The van der Waals surface area contributed by atoms with Crippen molar-refractivity contribution in [3.63, 3.8) is 0 Å².